The molecular weight excluding hydrogens is 484 g/mol. The van der Waals surface area contributed by atoms with Crippen LogP contribution in [0.5, 0.6) is 5.75 Å². The van der Waals surface area contributed by atoms with Crippen LogP contribution in [0.25, 0.3) is 22.3 Å². The first-order valence-electron chi connectivity index (χ1n) is 12.4. The summed E-state index contributed by atoms with van der Waals surface area (Å²) in [6, 6.07) is 3.83. The number of amides is 2. The number of rotatable bonds is 8. The summed E-state index contributed by atoms with van der Waals surface area (Å²) in [6.07, 6.45) is 0.868. The third-order valence-corrected chi connectivity index (χ3v) is 7.21. The van der Waals surface area contributed by atoms with E-state index in [-0.39, 0.29) is 29.5 Å². The van der Waals surface area contributed by atoms with Gasteiger partial charge in [-0.25, -0.2) is 23.5 Å². The minimum absolute atomic E-state index is 0.0792. The van der Waals surface area contributed by atoms with Crippen LogP contribution >= 0.6 is 0 Å². The third kappa shape index (κ3) is 5.21. The van der Waals surface area contributed by atoms with Gasteiger partial charge in [0.2, 0.25) is 0 Å². The number of benzene rings is 1. The Balaban J connectivity index is 1.46. The van der Waals surface area contributed by atoms with Gasteiger partial charge in [-0.3, -0.25) is 4.79 Å². The Hall–Kier alpha value is -3.76. The summed E-state index contributed by atoms with van der Waals surface area (Å²) >= 11 is 0. The second-order valence-corrected chi connectivity index (χ2v) is 10.1. The van der Waals surface area contributed by atoms with E-state index < -0.39 is 12.5 Å². The Labute approximate surface area is 212 Å². The minimum Gasteiger partial charge on any atom is -0.493 e. The van der Waals surface area contributed by atoms with Gasteiger partial charge in [0.25, 0.3) is 12.3 Å². The lowest BCUT2D eigenvalue weighted by atomic mass is 10.0. The summed E-state index contributed by atoms with van der Waals surface area (Å²) in [5.74, 6) is 0.662. The smallest absolute Gasteiger partial charge is 0.404 e. The maximum atomic E-state index is 13.6. The third-order valence-electron chi connectivity index (χ3n) is 7.21. The molecule has 0 aliphatic heterocycles. The number of halogens is 2. The number of hydrogen-bond donors (Lipinski definition) is 4. The average Bonchev–Trinajstić information content (AvgIpc) is 3.52. The Morgan fingerprint density at radius 3 is 2.70 bits per heavy atom. The SMILES string of the molecule is Cc1[nH]c2c(-c3cc(C(F)F)ccc3OCC3CC3)ncnc2c1C(=O)NC1CC(C)C(NC(=O)O)C1. The van der Waals surface area contributed by atoms with E-state index in [0.717, 1.165) is 12.8 Å². The van der Waals surface area contributed by atoms with Crippen LogP contribution in [0.3, 0.4) is 0 Å². The fourth-order valence-electron chi connectivity index (χ4n) is 5.07. The van der Waals surface area contributed by atoms with E-state index in [9.17, 15) is 18.4 Å². The maximum absolute atomic E-state index is 13.6. The summed E-state index contributed by atoms with van der Waals surface area (Å²) < 4.78 is 33.1. The highest BCUT2D eigenvalue weighted by Crippen LogP contribution is 2.38. The van der Waals surface area contributed by atoms with Crippen molar-refractivity contribution in [3.63, 3.8) is 0 Å². The second kappa shape index (κ2) is 9.95. The molecule has 1 aromatic carbocycles. The van der Waals surface area contributed by atoms with Crippen molar-refractivity contribution in [2.24, 2.45) is 11.8 Å². The van der Waals surface area contributed by atoms with Crippen LogP contribution in [-0.2, 0) is 0 Å². The van der Waals surface area contributed by atoms with E-state index in [1.54, 1.807) is 13.0 Å². The van der Waals surface area contributed by atoms with Crippen molar-refractivity contribution >= 4 is 23.0 Å². The summed E-state index contributed by atoms with van der Waals surface area (Å²) in [7, 11) is 0. The van der Waals surface area contributed by atoms with Crippen LogP contribution in [0, 0.1) is 18.8 Å². The van der Waals surface area contributed by atoms with Crippen molar-refractivity contribution < 1.29 is 28.2 Å². The molecule has 0 bridgehead atoms. The van der Waals surface area contributed by atoms with E-state index >= 15 is 0 Å². The van der Waals surface area contributed by atoms with Crippen molar-refractivity contribution in [3.8, 4) is 17.0 Å². The number of H-pyrrole nitrogens is 1. The lowest BCUT2D eigenvalue weighted by Gasteiger charge is -2.14. The number of nitrogens with zero attached hydrogens (tertiary/aromatic N) is 2. The molecule has 2 fully saturated rings. The molecule has 5 rings (SSSR count). The molecule has 196 valence electrons. The molecular formula is C26H29F2N5O4. The van der Waals surface area contributed by atoms with Crippen molar-refractivity contribution in [2.75, 3.05) is 6.61 Å². The maximum Gasteiger partial charge on any atom is 0.404 e. The van der Waals surface area contributed by atoms with Crippen LogP contribution in [0.1, 0.15) is 60.6 Å². The number of carbonyl (C=O) groups is 2. The van der Waals surface area contributed by atoms with Gasteiger partial charge >= 0.3 is 6.09 Å². The Morgan fingerprint density at radius 2 is 2.00 bits per heavy atom. The fourth-order valence-corrected chi connectivity index (χ4v) is 5.07. The van der Waals surface area contributed by atoms with Crippen molar-refractivity contribution in [2.45, 2.75) is 58.0 Å². The molecule has 3 atom stereocenters. The van der Waals surface area contributed by atoms with Gasteiger partial charge in [0.1, 0.15) is 23.3 Å². The number of nitrogens with one attached hydrogen (secondary N) is 3. The number of aromatic nitrogens is 3. The zero-order valence-corrected chi connectivity index (χ0v) is 20.6. The van der Waals surface area contributed by atoms with Crippen molar-refractivity contribution in [1.82, 2.24) is 25.6 Å². The summed E-state index contributed by atoms with van der Waals surface area (Å²) in [4.78, 5) is 36.3. The first-order valence-corrected chi connectivity index (χ1v) is 12.4. The van der Waals surface area contributed by atoms with Crippen LogP contribution in [-0.4, -0.2) is 50.7 Å². The molecule has 9 nitrogen and oxygen atoms in total. The fraction of sp³-hybridized carbons (Fsp3) is 0.462. The van der Waals surface area contributed by atoms with Gasteiger partial charge in [-0.1, -0.05) is 6.92 Å². The van der Waals surface area contributed by atoms with E-state index in [1.807, 2.05) is 6.92 Å². The normalized spacial score (nSPS) is 21.4. The number of hydrogen-bond acceptors (Lipinski definition) is 5. The molecule has 3 unspecified atom stereocenters. The van der Waals surface area contributed by atoms with Gasteiger partial charge < -0.3 is 25.5 Å². The average molecular weight is 514 g/mol. The number of fused-ring (bicyclic) bond motifs is 1. The largest absolute Gasteiger partial charge is 0.493 e. The van der Waals surface area contributed by atoms with Crippen molar-refractivity contribution in [1.29, 1.82) is 0 Å². The number of alkyl halides is 2. The van der Waals surface area contributed by atoms with E-state index in [1.165, 1.54) is 18.5 Å². The summed E-state index contributed by atoms with van der Waals surface area (Å²) in [5, 5.41) is 14.6. The minimum atomic E-state index is -2.66. The standard InChI is InChI=1S/C26H29F2N5O4/c1-12-7-16(9-18(12)33-26(35)36)32-25(34)20-13(2)31-23-21(29-11-30-22(20)23)17-8-15(24(27)28)5-6-19(17)37-10-14-3-4-14/h5-6,8,11-12,14,16,18,24,31,33H,3-4,7,9-10H2,1-2H3,(H,32,34)(H,35,36). The van der Waals surface area contributed by atoms with Crippen LogP contribution in [0.15, 0.2) is 24.5 Å². The van der Waals surface area contributed by atoms with Crippen LogP contribution < -0.4 is 15.4 Å². The highest BCUT2D eigenvalue weighted by molar-refractivity contribution is 6.09. The van der Waals surface area contributed by atoms with Gasteiger partial charge in [-0.2, -0.15) is 0 Å². The molecule has 0 saturated heterocycles. The Kier molecular flexibility index (Phi) is 6.70. The molecule has 37 heavy (non-hydrogen) atoms. The zero-order chi connectivity index (χ0) is 26.3. The highest BCUT2D eigenvalue weighted by atomic mass is 19.3. The van der Waals surface area contributed by atoms with E-state index in [2.05, 4.69) is 25.6 Å². The molecule has 0 radical (unpaired) electrons. The lowest BCUT2D eigenvalue weighted by molar-refractivity contribution is 0.0938. The zero-order valence-electron chi connectivity index (χ0n) is 20.6. The first kappa shape index (κ1) is 24.9. The van der Waals surface area contributed by atoms with Gasteiger partial charge in [0.15, 0.2) is 0 Å². The Bertz CT molecular complexity index is 1340. The molecule has 3 aromatic rings. The van der Waals surface area contributed by atoms with Crippen molar-refractivity contribution in [3.05, 3.63) is 41.3 Å². The number of carbonyl (C=O) groups excluding carboxylic acids is 1. The number of aryl methyl sites for hydroxylation is 1. The summed E-state index contributed by atoms with van der Waals surface area (Å²) in [5.41, 5.74) is 2.37. The van der Waals surface area contributed by atoms with E-state index in [4.69, 9.17) is 9.84 Å². The second-order valence-electron chi connectivity index (χ2n) is 10.1. The Morgan fingerprint density at radius 1 is 1.22 bits per heavy atom. The topological polar surface area (TPSA) is 129 Å². The van der Waals surface area contributed by atoms with Gasteiger partial charge in [-0.05, 0) is 62.6 Å². The number of aromatic amines is 1. The van der Waals surface area contributed by atoms with Crippen LogP contribution in [0.2, 0.25) is 0 Å². The number of ether oxygens (including phenoxy) is 1. The predicted molar refractivity (Wildman–Crippen MR) is 132 cm³/mol. The molecule has 2 amide bonds. The molecule has 2 saturated carbocycles. The molecule has 0 spiro atoms. The first-order chi connectivity index (χ1) is 17.7. The predicted octanol–water partition coefficient (Wildman–Crippen LogP) is 4.82. The molecule has 4 N–H and O–H groups in total. The molecule has 2 heterocycles. The highest BCUT2D eigenvalue weighted by Gasteiger charge is 2.34. The van der Waals surface area contributed by atoms with Crippen LogP contribution in [0.4, 0.5) is 13.6 Å². The molecule has 11 heteroatoms. The van der Waals surface area contributed by atoms with Gasteiger partial charge in [0.05, 0.1) is 17.7 Å². The van der Waals surface area contributed by atoms with Gasteiger partial charge in [-0.15, -0.1) is 0 Å². The number of carboxylic acid groups (broad SMARTS) is 1. The van der Waals surface area contributed by atoms with Gasteiger partial charge in [0, 0.05) is 28.9 Å². The molecule has 2 aromatic heterocycles. The quantitative estimate of drug-likeness (QED) is 0.342. The van der Waals surface area contributed by atoms with E-state index in [0.29, 0.717) is 64.7 Å². The lowest BCUT2D eigenvalue weighted by Crippen LogP contribution is -2.37. The monoisotopic (exact) mass is 513 g/mol. The summed E-state index contributed by atoms with van der Waals surface area (Å²) in [6.45, 7) is 4.19. The molecule has 2 aliphatic carbocycles. The molecule has 2 aliphatic rings.